The number of carbonyl (C=O) groups excluding carboxylic acids is 2. The number of nitrogens with zero attached hydrogens (tertiary/aromatic N) is 3. The van der Waals surface area contributed by atoms with E-state index in [1.807, 2.05) is 6.07 Å². The first-order valence-electron chi connectivity index (χ1n) is 12.3. The van der Waals surface area contributed by atoms with Crippen LogP contribution in [0.5, 0.6) is 0 Å². The van der Waals surface area contributed by atoms with Gasteiger partial charge in [0.15, 0.2) is 0 Å². The lowest BCUT2D eigenvalue weighted by molar-refractivity contribution is -0.154. The fourth-order valence-corrected chi connectivity index (χ4v) is 6.32. The van der Waals surface area contributed by atoms with Crippen LogP contribution in [0.4, 0.5) is 4.79 Å². The molecule has 0 aromatic heterocycles. The van der Waals surface area contributed by atoms with E-state index in [2.05, 4.69) is 46.6 Å². The van der Waals surface area contributed by atoms with E-state index >= 15 is 0 Å². The van der Waals surface area contributed by atoms with E-state index in [9.17, 15) is 9.59 Å². The maximum Gasteiger partial charge on any atom is 0.409 e. The Balaban J connectivity index is 1.27. The van der Waals surface area contributed by atoms with Crippen molar-refractivity contribution in [1.82, 2.24) is 14.1 Å². The van der Waals surface area contributed by atoms with Crippen molar-refractivity contribution in [2.75, 3.05) is 59.2 Å². The summed E-state index contributed by atoms with van der Waals surface area (Å²) in [6.07, 6.45) is 6.46. The van der Waals surface area contributed by atoms with E-state index in [4.69, 9.17) is 9.47 Å². The number of amides is 1. The van der Waals surface area contributed by atoms with E-state index in [1.165, 1.54) is 18.2 Å². The Kier molecular flexibility index (Phi) is 8.55. The largest absolute Gasteiger partial charge is 0.469 e. The monoisotopic (exact) mass is 487 g/mol. The summed E-state index contributed by atoms with van der Waals surface area (Å²) in [4.78, 5) is 29.4. The summed E-state index contributed by atoms with van der Waals surface area (Å²) in [5.74, 6) is 0.502. The van der Waals surface area contributed by atoms with Crippen molar-refractivity contribution in [2.45, 2.75) is 38.1 Å². The summed E-state index contributed by atoms with van der Waals surface area (Å²) < 4.78 is 13.1. The van der Waals surface area contributed by atoms with Gasteiger partial charge < -0.3 is 19.3 Å². The Hall–Kier alpha value is -2.03. The van der Waals surface area contributed by atoms with Crippen molar-refractivity contribution in [1.29, 1.82) is 0 Å². The minimum absolute atomic E-state index is 0.168. The van der Waals surface area contributed by atoms with Crippen LogP contribution in [-0.4, -0.2) is 91.5 Å². The molecule has 3 heterocycles. The molecule has 7 nitrogen and oxygen atoms in total. The molecule has 4 rings (SSSR count). The maximum absolute atomic E-state index is 12.8. The SMILES string of the molecule is COC(=O)C1(CSN2CC=C(c3ccccc3)CC2)CCN(C(=O)OCC2CCCN2C)CC1. The molecule has 34 heavy (non-hydrogen) atoms. The molecule has 2 saturated heterocycles. The standard InChI is InChI=1S/C26H37N3O4S/c1-27-14-6-9-23(27)19-33-25(31)28-17-12-26(13-18-28,24(30)32-2)20-34-29-15-10-22(11-16-29)21-7-4-3-5-8-21/h3-5,7-8,10,23H,6,9,11-20H2,1-2H3. The van der Waals surface area contributed by atoms with Gasteiger partial charge in [0.2, 0.25) is 0 Å². The van der Waals surface area contributed by atoms with E-state index in [-0.39, 0.29) is 12.1 Å². The molecule has 1 aromatic carbocycles. The van der Waals surface area contributed by atoms with Gasteiger partial charge in [0, 0.05) is 38.0 Å². The Morgan fingerprint density at radius 2 is 1.88 bits per heavy atom. The summed E-state index contributed by atoms with van der Waals surface area (Å²) in [5.41, 5.74) is 2.11. The lowest BCUT2D eigenvalue weighted by atomic mass is 9.80. The van der Waals surface area contributed by atoms with Gasteiger partial charge in [-0.2, -0.15) is 0 Å². The second-order valence-corrected chi connectivity index (χ2v) is 10.7. The van der Waals surface area contributed by atoms with E-state index in [0.29, 0.717) is 44.3 Å². The van der Waals surface area contributed by atoms with Gasteiger partial charge >= 0.3 is 12.1 Å². The van der Waals surface area contributed by atoms with Crippen molar-refractivity contribution < 1.29 is 19.1 Å². The summed E-state index contributed by atoms with van der Waals surface area (Å²) in [6.45, 7) is 4.36. The Morgan fingerprint density at radius 1 is 1.12 bits per heavy atom. The molecule has 0 radical (unpaired) electrons. The number of hydrogen-bond donors (Lipinski definition) is 0. The summed E-state index contributed by atoms with van der Waals surface area (Å²) in [7, 11) is 3.54. The molecule has 186 valence electrons. The third-order valence-corrected chi connectivity index (χ3v) is 8.89. The first-order valence-corrected chi connectivity index (χ1v) is 13.3. The second-order valence-electron chi connectivity index (χ2n) is 9.62. The van der Waals surface area contributed by atoms with Gasteiger partial charge in [-0.3, -0.25) is 4.79 Å². The van der Waals surface area contributed by atoms with Crippen molar-refractivity contribution in [3.63, 3.8) is 0 Å². The molecule has 1 unspecified atom stereocenters. The minimum Gasteiger partial charge on any atom is -0.469 e. The topological polar surface area (TPSA) is 62.3 Å². The van der Waals surface area contributed by atoms with Gasteiger partial charge in [-0.25, -0.2) is 9.10 Å². The summed E-state index contributed by atoms with van der Waals surface area (Å²) in [6, 6.07) is 10.8. The van der Waals surface area contributed by atoms with Crippen molar-refractivity contribution in [3.05, 3.63) is 42.0 Å². The Morgan fingerprint density at radius 3 is 2.50 bits per heavy atom. The number of benzene rings is 1. The van der Waals surface area contributed by atoms with Crippen LogP contribution in [0.3, 0.4) is 0 Å². The molecule has 0 aliphatic carbocycles. The van der Waals surface area contributed by atoms with Crippen LogP contribution in [0.2, 0.25) is 0 Å². The highest BCUT2D eigenvalue weighted by Crippen LogP contribution is 2.38. The number of rotatable bonds is 7. The predicted octanol–water partition coefficient (Wildman–Crippen LogP) is 3.91. The lowest BCUT2D eigenvalue weighted by Crippen LogP contribution is -2.49. The molecule has 1 atom stereocenters. The predicted molar refractivity (Wildman–Crippen MR) is 135 cm³/mol. The molecule has 2 fully saturated rings. The van der Waals surface area contributed by atoms with Gasteiger partial charge in [0.25, 0.3) is 0 Å². The lowest BCUT2D eigenvalue weighted by Gasteiger charge is -2.40. The normalized spacial score (nSPS) is 23.4. The van der Waals surface area contributed by atoms with Gasteiger partial charge in [0.1, 0.15) is 6.61 Å². The second kappa shape index (κ2) is 11.6. The number of likely N-dealkylation sites (N-methyl/N-ethyl adjacent to an activating group) is 1. The van der Waals surface area contributed by atoms with Gasteiger partial charge in [0.05, 0.1) is 12.5 Å². The number of esters is 1. The van der Waals surface area contributed by atoms with Crippen LogP contribution < -0.4 is 0 Å². The molecule has 8 heteroatoms. The van der Waals surface area contributed by atoms with Crippen LogP contribution in [0.15, 0.2) is 36.4 Å². The fraction of sp³-hybridized carbons (Fsp3) is 0.615. The number of hydrogen-bond acceptors (Lipinski definition) is 7. The van der Waals surface area contributed by atoms with Crippen LogP contribution in [-0.2, 0) is 14.3 Å². The minimum atomic E-state index is -0.564. The van der Waals surface area contributed by atoms with Crippen molar-refractivity contribution in [3.8, 4) is 0 Å². The maximum atomic E-state index is 12.8. The zero-order chi connectivity index (χ0) is 24.0. The number of ether oxygens (including phenoxy) is 2. The van der Waals surface area contributed by atoms with Gasteiger partial charge in [-0.05, 0) is 56.8 Å². The molecule has 0 spiro atoms. The molecule has 3 aliphatic rings. The van der Waals surface area contributed by atoms with Crippen molar-refractivity contribution in [2.24, 2.45) is 5.41 Å². The molecule has 0 bridgehead atoms. The molecular weight excluding hydrogens is 450 g/mol. The van der Waals surface area contributed by atoms with Crippen molar-refractivity contribution >= 4 is 29.6 Å². The smallest absolute Gasteiger partial charge is 0.409 e. The first kappa shape index (κ1) is 25.1. The van der Waals surface area contributed by atoms with Crippen LogP contribution in [0.1, 0.15) is 37.7 Å². The Labute approximate surface area is 207 Å². The van der Waals surface area contributed by atoms with E-state index < -0.39 is 5.41 Å². The number of methoxy groups -OCH3 is 1. The van der Waals surface area contributed by atoms with Crippen LogP contribution >= 0.6 is 11.9 Å². The van der Waals surface area contributed by atoms with Gasteiger partial charge in [-0.1, -0.05) is 48.4 Å². The highest BCUT2D eigenvalue weighted by atomic mass is 32.2. The zero-order valence-electron chi connectivity index (χ0n) is 20.4. The quantitative estimate of drug-likeness (QED) is 0.427. The number of piperidine rings is 1. The van der Waals surface area contributed by atoms with Crippen LogP contribution in [0, 0.1) is 5.41 Å². The fourth-order valence-electron chi connectivity index (χ4n) is 5.09. The molecule has 1 aromatic rings. The molecule has 0 saturated carbocycles. The third-order valence-electron chi connectivity index (χ3n) is 7.51. The average molecular weight is 488 g/mol. The summed E-state index contributed by atoms with van der Waals surface area (Å²) >= 11 is 1.73. The van der Waals surface area contributed by atoms with Gasteiger partial charge in [-0.15, -0.1) is 0 Å². The molecular formula is C26H37N3O4S. The van der Waals surface area contributed by atoms with E-state index in [0.717, 1.165) is 38.9 Å². The first-order chi connectivity index (χ1) is 16.5. The van der Waals surface area contributed by atoms with Crippen LogP contribution in [0.25, 0.3) is 5.57 Å². The third kappa shape index (κ3) is 5.96. The Bertz CT molecular complexity index is 870. The molecule has 0 N–H and O–H groups in total. The highest BCUT2D eigenvalue weighted by Gasteiger charge is 2.44. The molecule has 3 aliphatic heterocycles. The zero-order valence-corrected chi connectivity index (χ0v) is 21.2. The average Bonchev–Trinajstić information content (AvgIpc) is 3.31. The summed E-state index contributed by atoms with van der Waals surface area (Å²) in [5, 5.41) is 0. The molecule has 1 amide bonds. The van der Waals surface area contributed by atoms with E-state index in [1.54, 1.807) is 16.8 Å². The number of carbonyl (C=O) groups is 2. The number of likely N-dealkylation sites (tertiary alicyclic amines) is 2. The highest BCUT2D eigenvalue weighted by molar-refractivity contribution is 7.97.